The number of ketones is 2. The van der Waals surface area contributed by atoms with Crippen molar-refractivity contribution in [2.24, 2.45) is 0 Å². The molecule has 0 bridgehead atoms. The second-order valence-electron chi connectivity index (χ2n) is 5.74. The molecule has 130 valence electrons. The van der Waals surface area contributed by atoms with E-state index in [9.17, 15) is 9.59 Å². The lowest BCUT2D eigenvalue weighted by Gasteiger charge is -2.14. The van der Waals surface area contributed by atoms with Crippen molar-refractivity contribution in [1.29, 1.82) is 0 Å². The van der Waals surface area contributed by atoms with E-state index >= 15 is 0 Å². The molecule has 4 rings (SSSR count). The van der Waals surface area contributed by atoms with Crippen molar-refractivity contribution in [2.45, 2.75) is 6.54 Å². The molecule has 26 heavy (non-hydrogen) atoms. The number of carbonyl (C=O) groups is 2. The van der Waals surface area contributed by atoms with Crippen LogP contribution in [0.3, 0.4) is 0 Å². The van der Waals surface area contributed by atoms with E-state index in [0.717, 1.165) is 5.56 Å². The van der Waals surface area contributed by atoms with E-state index in [1.807, 2.05) is 12.1 Å². The van der Waals surface area contributed by atoms with Crippen LogP contribution >= 0.6 is 0 Å². The van der Waals surface area contributed by atoms with Crippen molar-refractivity contribution in [3.05, 3.63) is 64.7 Å². The van der Waals surface area contributed by atoms with Gasteiger partial charge in [-0.25, -0.2) is 4.68 Å². The number of hydrogen-bond acceptors (Lipinski definition) is 7. The molecule has 0 saturated heterocycles. The zero-order valence-corrected chi connectivity index (χ0v) is 14.1. The number of methoxy groups -OCH3 is 2. The molecule has 0 unspecified atom stereocenters. The normalized spacial score (nSPS) is 12.5. The quantitative estimate of drug-likeness (QED) is 0.550. The molecule has 3 aromatic rings. The van der Waals surface area contributed by atoms with Gasteiger partial charge in [0.15, 0.2) is 5.69 Å². The molecule has 8 heteroatoms. The topological polar surface area (TPSA) is 96.2 Å². The molecule has 0 saturated carbocycles. The minimum atomic E-state index is -0.350. The summed E-state index contributed by atoms with van der Waals surface area (Å²) in [5.41, 5.74) is 1.58. The first-order chi connectivity index (χ1) is 12.6. The smallest absolute Gasteiger partial charge is 0.217 e. The van der Waals surface area contributed by atoms with Gasteiger partial charge in [0.2, 0.25) is 11.6 Å². The lowest BCUT2D eigenvalue weighted by molar-refractivity contribution is 0.0970. The van der Waals surface area contributed by atoms with Crippen molar-refractivity contribution in [1.82, 2.24) is 20.0 Å². The van der Waals surface area contributed by atoms with Crippen LogP contribution in [-0.2, 0) is 6.54 Å². The van der Waals surface area contributed by atoms with Gasteiger partial charge in [-0.05, 0) is 23.8 Å². The Kier molecular flexibility index (Phi) is 3.72. The second-order valence-corrected chi connectivity index (χ2v) is 5.74. The van der Waals surface area contributed by atoms with Crippen molar-refractivity contribution in [3.8, 4) is 11.5 Å². The molecule has 2 heterocycles. The summed E-state index contributed by atoms with van der Waals surface area (Å²) in [6, 6.07) is 6.90. The highest BCUT2D eigenvalue weighted by atomic mass is 16.5. The molecule has 0 amide bonds. The molecule has 0 fully saturated rings. The van der Waals surface area contributed by atoms with Gasteiger partial charge in [-0.15, -0.1) is 5.10 Å². The molecule has 0 aliphatic heterocycles. The molecule has 8 nitrogen and oxygen atoms in total. The van der Waals surface area contributed by atoms with Gasteiger partial charge in [0, 0.05) is 24.0 Å². The lowest BCUT2D eigenvalue weighted by atomic mass is 9.91. The van der Waals surface area contributed by atoms with Gasteiger partial charge >= 0.3 is 0 Å². The van der Waals surface area contributed by atoms with Crippen LogP contribution in [0.25, 0.3) is 0 Å². The highest BCUT2D eigenvalue weighted by Crippen LogP contribution is 2.27. The number of carbonyl (C=O) groups excluding carboxylic acids is 2. The monoisotopic (exact) mass is 350 g/mol. The van der Waals surface area contributed by atoms with E-state index in [1.165, 1.54) is 23.1 Å². The first kappa shape index (κ1) is 15.9. The average molecular weight is 350 g/mol. The maximum absolute atomic E-state index is 12.8. The molecule has 0 radical (unpaired) electrons. The van der Waals surface area contributed by atoms with Gasteiger partial charge < -0.3 is 9.47 Å². The molecular weight excluding hydrogens is 336 g/mol. The second kappa shape index (κ2) is 6.07. The maximum atomic E-state index is 12.8. The third-order valence-electron chi connectivity index (χ3n) is 4.22. The van der Waals surface area contributed by atoms with Crippen LogP contribution in [0.5, 0.6) is 11.5 Å². The van der Waals surface area contributed by atoms with Crippen molar-refractivity contribution < 1.29 is 19.1 Å². The number of pyridine rings is 1. The Morgan fingerprint density at radius 2 is 1.73 bits per heavy atom. The number of fused-ring (bicyclic) bond motifs is 2. The first-order valence-corrected chi connectivity index (χ1v) is 7.81. The van der Waals surface area contributed by atoms with Crippen LogP contribution in [0.15, 0.2) is 36.7 Å². The number of rotatable bonds is 4. The summed E-state index contributed by atoms with van der Waals surface area (Å²) in [4.78, 5) is 29.3. The van der Waals surface area contributed by atoms with Gasteiger partial charge in [-0.3, -0.25) is 14.6 Å². The Labute approximate surface area is 148 Å². The number of hydrogen-bond donors (Lipinski definition) is 0. The van der Waals surface area contributed by atoms with Crippen molar-refractivity contribution in [3.63, 3.8) is 0 Å². The Hall–Kier alpha value is -3.55. The largest absolute Gasteiger partial charge is 0.497 e. The van der Waals surface area contributed by atoms with E-state index in [4.69, 9.17) is 9.47 Å². The van der Waals surface area contributed by atoms with E-state index < -0.39 is 0 Å². The van der Waals surface area contributed by atoms with E-state index in [1.54, 1.807) is 20.3 Å². The molecule has 2 aromatic heterocycles. The van der Waals surface area contributed by atoms with E-state index in [2.05, 4.69) is 15.3 Å². The van der Waals surface area contributed by atoms with E-state index in [0.29, 0.717) is 17.1 Å². The first-order valence-electron chi connectivity index (χ1n) is 7.81. The number of aromatic nitrogens is 4. The molecule has 1 aliphatic carbocycles. The fraction of sp³-hybridized carbons (Fsp3) is 0.167. The zero-order valence-electron chi connectivity index (χ0n) is 14.1. The molecule has 0 atom stereocenters. The van der Waals surface area contributed by atoms with Crippen LogP contribution in [0.2, 0.25) is 0 Å². The predicted octanol–water partition coefficient (Wildman–Crippen LogP) is 1.51. The molecule has 0 N–H and O–H groups in total. The third-order valence-corrected chi connectivity index (χ3v) is 4.22. The summed E-state index contributed by atoms with van der Waals surface area (Å²) in [5, 5.41) is 7.93. The van der Waals surface area contributed by atoms with Crippen molar-refractivity contribution >= 4 is 11.6 Å². The molecule has 0 spiro atoms. The zero-order chi connectivity index (χ0) is 18.3. The van der Waals surface area contributed by atoms with Crippen LogP contribution in [0.4, 0.5) is 0 Å². The standard InChI is InChI=1S/C18H14N4O4/c1-25-11-5-10(6-12(7-11)26-2)9-22-16-15(20-21-22)17(23)14-8-19-4-3-13(14)18(16)24/h3-8H,9H2,1-2H3. The Morgan fingerprint density at radius 3 is 2.42 bits per heavy atom. The highest BCUT2D eigenvalue weighted by Gasteiger charge is 2.35. The van der Waals surface area contributed by atoms with Crippen LogP contribution < -0.4 is 9.47 Å². The summed E-state index contributed by atoms with van der Waals surface area (Å²) >= 11 is 0. The van der Waals surface area contributed by atoms with Gasteiger partial charge in [0.25, 0.3) is 0 Å². The van der Waals surface area contributed by atoms with Gasteiger partial charge in [-0.1, -0.05) is 5.21 Å². The van der Waals surface area contributed by atoms with E-state index in [-0.39, 0.29) is 35.1 Å². The maximum Gasteiger partial charge on any atom is 0.217 e. The summed E-state index contributed by atoms with van der Waals surface area (Å²) in [5.74, 6) is 0.591. The summed E-state index contributed by atoms with van der Waals surface area (Å²) in [6.45, 7) is 0.245. The molecule has 1 aromatic carbocycles. The van der Waals surface area contributed by atoms with Crippen LogP contribution in [0, 0.1) is 0 Å². The SMILES string of the molecule is COc1cc(Cn2nnc3c2C(=O)c2ccncc2C3=O)cc(OC)c1. The fourth-order valence-electron chi connectivity index (χ4n) is 2.96. The van der Waals surface area contributed by atoms with Gasteiger partial charge in [0.1, 0.15) is 17.2 Å². The Morgan fingerprint density at radius 1 is 1.00 bits per heavy atom. The minimum absolute atomic E-state index is 0.0466. The molecular formula is C18H14N4O4. The summed E-state index contributed by atoms with van der Waals surface area (Å²) < 4.78 is 11.9. The predicted molar refractivity (Wildman–Crippen MR) is 89.8 cm³/mol. The van der Waals surface area contributed by atoms with Crippen LogP contribution in [0.1, 0.15) is 37.7 Å². The summed E-state index contributed by atoms with van der Waals surface area (Å²) in [7, 11) is 3.12. The number of nitrogens with zero attached hydrogens (tertiary/aromatic N) is 4. The highest BCUT2D eigenvalue weighted by molar-refractivity contribution is 6.26. The lowest BCUT2D eigenvalue weighted by Crippen LogP contribution is -2.24. The number of benzene rings is 1. The Balaban J connectivity index is 1.77. The third kappa shape index (κ3) is 2.43. The summed E-state index contributed by atoms with van der Waals surface area (Å²) in [6.07, 6.45) is 2.86. The minimum Gasteiger partial charge on any atom is -0.497 e. The van der Waals surface area contributed by atoms with Gasteiger partial charge in [-0.2, -0.15) is 0 Å². The number of ether oxygens (including phenoxy) is 2. The van der Waals surface area contributed by atoms with Crippen molar-refractivity contribution in [2.75, 3.05) is 14.2 Å². The van der Waals surface area contributed by atoms with Crippen LogP contribution in [-0.4, -0.2) is 45.8 Å². The molecule has 1 aliphatic rings. The fourth-order valence-corrected chi connectivity index (χ4v) is 2.96. The average Bonchev–Trinajstić information content (AvgIpc) is 3.09. The Bertz CT molecular complexity index is 1020. The van der Waals surface area contributed by atoms with Gasteiger partial charge in [0.05, 0.1) is 26.3 Å².